The Bertz CT molecular complexity index is 1700. The fraction of sp³-hybridized carbons (Fsp3) is 0.829. The van der Waals surface area contributed by atoms with Crippen molar-refractivity contribution in [3.8, 4) is 12.3 Å². The smallest absolute Gasteiger partial charge is 0.315 e. The van der Waals surface area contributed by atoms with E-state index < -0.39 is 72.2 Å². The van der Waals surface area contributed by atoms with Crippen molar-refractivity contribution < 1.29 is 32.4 Å². The predicted molar refractivity (Wildman–Crippen MR) is 206 cm³/mol. The number of nitrogens with zero attached hydrogens (tertiary/aromatic N) is 1. The van der Waals surface area contributed by atoms with Crippen LogP contribution in [-0.2, 0) is 29.0 Å². The van der Waals surface area contributed by atoms with Gasteiger partial charge in [0.2, 0.25) is 17.6 Å². The van der Waals surface area contributed by atoms with Gasteiger partial charge in [0.15, 0.2) is 9.84 Å². The Hall–Kier alpha value is -3.14. The molecule has 0 aromatic heterocycles. The molecule has 54 heavy (non-hydrogen) atoms. The Labute approximate surface area is 322 Å². The van der Waals surface area contributed by atoms with E-state index in [-0.39, 0.29) is 41.9 Å². The number of ketones is 1. The molecule has 0 aromatic carbocycles. The molecule has 0 aromatic rings. The minimum Gasteiger partial charge on any atom is -0.348 e. The maximum absolute atomic E-state index is 15.2. The first-order valence-electron chi connectivity index (χ1n) is 20.4. The van der Waals surface area contributed by atoms with Crippen molar-refractivity contribution in [1.29, 1.82) is 0 Å². The Morgan fingerprint density at radius 3 is 2.07 bits per heavy atom. The summed E-state index contributed by atoms with van der Waals surface area (Å²) < 4.78 is 26.0. The number of nitrogens with one attached hydrogen (secondary N) is 4. The minimum atomic E-state index is -3.57. The van der Waals surface area contributed by atoms with Crippen LogP contribution in [0.3, 0.4) is 0 Å². The molecule has 0 radical (unpaired) electrons. The Balaban J connectivity index is 1.27. The van der Waals surface area contributed by atoms with Crippen LogP contribution in [0.1, 0.15) is 138 Å². The molecule has 5 aliphatic carbocycles. The summed E-state index contributed by atoms with van der Waals surface area (Å²) in [5, 5.41) is 11.7. The molecule has 5 saturated carbocycles. The summed E-state index contributed by atoms with van der Waals surface area (Å²) in [6, 6.07) is -2.54. The van der Waals surface area contributed by atoms with Crippen LogP contribution in [0.15, 0.2) is 0 Å². The summed E-state index contributed by atoms with van der Waals surface area (Å²) in [5.74, 6) is 0.351. The van der Waals surface area contributed by atoms with Crippen molar-refractivity contribution in [3.63, 3.8) is 0 Å². The first kappa shape index (κ1) is 40.5. The number of likely N-dealkylation sites (tertiary alicyclic amines) is 1. The average Bonchev–Trinajstić information content (AvgIpc) is 4.05. The average molecular weight is 770 g/mol. The van der Waals surface area contributed by atoms with Crippen LogP contribution in [0, 0.1) is 40.4 Å². The number of urea groups is 1. The zero-order chi connectivity index (χ0) is 39.5. The van der Waals surface area contributed by atoms with Crippen molar-refractivity contribution in [1.82, 2.24) is 26.2 Å². The Kier molecular flexibility index (Phi) is 10.6. The standard InChI is InChI=1S/C41H63N5O7S/c1-8-9-22-42-32(48)30(47)28(23-27-16-17-27)43-34(50)41-25-40(41)29(37(40,5)6)24-46(41)33(49)31(38(7)18-12-10-13-19-38)44-35(51)45-39(20-14-11-15-21-39)26-54(52,53)36(2,3)4/h1,27-29,31H,9-26H2,2-7H3,(H,42,48)(H,43,50)(H2,44,45,51)/t28?,29?,31-,40?,41?/m1/s1. The van der Waals surface area contributed by atoms with Gasteiger partial charge in [-0.15, -0.1) is 12.3 Å². The van der Waals surface area contributed by atoms with Crippen molar-refractivity contribution in [2.45, 2.75) is 166 Å². The molecule has 4 unspecified atom stereocenters. The number of carbonyl (C=O) groups is 5. The lowest BCUT2D eigenvalue weighted by Crippen LogP contribution is -2.65. The van der Waals surface area contributed by atoms with Gasteiger partial charge in [-0.2, -0.15) is 0 Å². The lowest BCUT2D eigenvalue weighted by atomic mass is 9.70. The van der Waals surface area contributed by atoms with Gasteiger partial charge in [0.1, 0.15) is 11.6 Å². The number of terminal acetylenes is 1. The lowest BCUT2D eigenvalue weighted by Gasteiger charge is -2.45. The van der Waals surface area contributed by atoms with E-state index in [4.69, 9.17) is 6.42 Å². The molecule has 1 heterocycles. The maximum Gasteiger partial charge on any atom is 0.315 e. The molecule has 5 amide bonds. The lowest BCUT2D eigenvalue weighted by molar-refractivity contribution is -0.148. The van der Waals surface area contributed by atoms with Crippen molar-refractivity contribution >= 4 is 39.4 Å². The quantitative estimate of drug-likeness (QED) is 0.117. The number of rotatable bonds is 14. The minimum absolute atomic E-state index is 0.0751. The molecule has 1 spiro atoms. The molecule has 1 saturated heterocycles. The topological polar surface area (TPSA) is 171 Å². The summed E-state index contributed by atoms with van der Waals surface area (Å²) in [5.41, 5.74) is -3.40. The van der Waals surface area contributed by atoms with Gasteiger partial charge in [0.05, 0.1) is 22.1 Å². The molecule has 1 aliphatic heterocycles. The van der Waals surface area contributed by atoms with Gasteiger partial charge in [0.25, 0.3) is 5.91 Å². The van der Waals surface area contributed by atoms with Gasteiger partial charge in [-0.3, -0.25) is 19.2 Å². The highest BCUT2D eigenvalue weighted by atomic mass is 32.2. The maximum atomic E-state index is 15.2. The number of carbonyl (C=O) groups excluding carboxylic acids is 5. The molecule has 4 N–H and O–H groups in total. The van der Waals surface area contributed by atoms with Gasteiger partial charge in [-0.1, -0.05) is 72.1 Å². The number of amides is 5. The summed E-state index contributed by atoms with van der Waals surface area (Å²) in [6.45, 7) is 11.8. The normalized spacial score (nSPS) is 29.9. The van der Waals surface area contributed by atoms with Crippen molar-refractivity contribution in [3.05, 3.63) is 0 Å². The molecule has 5 atom stereocenters. The highest BCUT2D eigenvalue weighted by molar-refractivity contribution is 7.92. The molecule has 6 aliphatic rings. The highest BCUT2D eigenvalue weighted by Crippen LogP contribution is 2.91. The molecular weight excluding hydrogens is 707 g/mol. The van der Waals surface area contributed by atoms with Gasteiger partial charge in [0, 0.05) is 24.9 Å². The van der Waals surface area contributed by atoms with E-state index in [1.807, 2.05) is 6.92 Å². The SMILES string of the molecule is C#CCCNC(=O)C(=O)C(CC1CC1)NC(=O)C12CC13C(CN2C(=O)[C@@H](NC(=O)NC1(CS(=O)(=O)C(C)(C)C)CCCCC1)C1(C)CCCCC1)C3(C)C. The second-order valence-corrected chi connectivity index (χ2v) is 22.2. The molecule has 6 rings (SSSR count). The van der Waals surface area contributed by atoms with Crippen molar-refractivity contribution in [2.75, 3.05) is 18.8 Å². The summed E-state index contributed by atoms with van der Waals surface area (Å²) in [4.78, 5) is 72.1. The number of hydrogen-bond acceptors (Lipinski definition) is 7. The molecule has 13 heteroatoms. The van der Waals surface area contributed by atoms with Gasteiger partial charge >= 0.3 is 6.03 Å². The summed E-state index contributed by atoms with van der Waals surface area (Å²) in [7, 11) is -3.57. The van der Waals surface area contributed by atoms with Crippen LogP contribution >= 0.6 is 0 Å². The number of sulfone groups is 1. The third kappa shape index (κ3) is 6.95. The van der Waals surface area contributed by atoms with Crippen LogP contribution in [0.5, 0.6) is 0 Å². The van der Waals surface area contributed by atoms with E-state index in [1.54, 1.807) is 25.7 Å². The van der Waals surface area contributed by atoms with E-state index in [0.29, 0.717) is 45.1 Å². The van der Waals surface area contributed by atoms with Crippen LogP contribution in [0.25, 0.3) is 0 Å². The molecule has 300 valence electrons. The highest BCUT2D eigenvalue weighted by Gasteiger charge is 2.98. The van der Waals surface area contributed by atoms with Gasteiger partial charge in [-0.25, -0.2) is 13.2 Å². The predicted octanol–water partition coefficient (Wildman–Crippen LogP) is 4.16. The number of piperidine rings is 2. The van der Waals surface area contributed by atoms with Gasteiger partial charge < -0.3 is 26.2 Å². The molecular formula is C41H63N5O7S. The van der Waals surface area contributed by atoms with E-state index in [9.17, 15) is 27.6 Å². The Morgan fingerprint density at radius 1 is 0.907 bits per heavy atom. The first-order valence-corrected chi connectivity index (χ1v) is 22.0. The molecule has 6 fully saturated rings. The monoisotopic (exact) mass is 769 g/mol. The van der Waals surface area contributed by atoms with E-state index >= 15 is 4.79 Å². The second-order valence-electron chi connectivity index (χ2n) is 19.5. The van der Waals surface area contributed by atoms with E-state index in [2.05, 4.69) is 41.0 Å². The third-order valence-corrected chi connectivity index (χ3v) is 17.4. The van der Waals surface area contributed by atoms with Gasteiger partial charge in [-0.05, 0) is 82.0 Å². The fourth-order valence-electron chi connectivity index (χ4n) is 10.8. The zero-order valence-electron chi connectivity index (χ0n) is 33.3. The van der Waals surface area contributed by atoms with Crippen LogP contribution in [0.4, 0.5) is 4.79 Å². The third-order valence-electron chi connectivity index (χ3n) is 14.6. The number of Topliss-reactive ketones (excluding diaryl/α,β-unsaturated/α-hetero) is 1. The largest absolute Gasteiger partial charge is 0.348 e. The number of hydrogen-bond donors (Lipinski definition) is 4. The zero-order valence-corrected chi connectivity index (χ0v) is 34.1. The van der Waals surface area contributed by atoms with E-state index in [1.165, 1.54) is 0 Å². The van der Waals surface area contributed by atoms with Crippen LogP contribution in [-0.4, -0.2) is 89.6 Å². The van der Waals surface area contributed by atoms with E-state index in [0.717, 1.165) is 51.4 Å². The van der Waals surface area contributed by atoms with Crippen LogP contribution < -0.4 is 21.3 Å². The fourth-order valence-corrected chi connectivity index (χ4v) is 12.3. The summed E-state index contributed by atoms with van der Waals surface area (Å²) in [6.07, 6.45) is 16.1. The second kappa shape index (κ2) is 14.1. The van der Waals surface area contributed by atoms with Crippen molar-refractivity contribution in [2.24, 2.45) is 28.1 Å². The summed E-state index contributed by atoms with van der Waals surface area (Å²) >= 11 is 0. The molecule has 0 bridgehead atoms. The first-order chi connectivity index (χ1) is 25.2. The van der Waals surface area contributed by atoms with Crippen LogP contribution in [0.2, 0.25) is 0 Å². The Morgan fingerprint density at radius 2 is 1.52 bits per heavy atom. The molecule has 12 nitrogen and oxygen atoms in total.